The average Bonchev–Trinajstić information content (AvgIpc) is 2.03. The van der Waals surface area contributed by atoms with E-state index in [4.69, 9.17) is 10.5 Å². The summed E-state index contributed by atoms with van der Waals surface area (Å²) >= 11 is 0. The van der Waals surface area contributed by atoms with E-state index < -0.39 is 5.97 Å². The normalized spacial score (nSPS) is 8.64. The van der Waals surface area contributed by atoms with E-state index in [2.05, 4.69) is 4.98 Å². The summed E-state index contributed by atoms with van der Waals surface area (Å²) in [5.41, 5.74) is 1.95. The summed E-state index contributed by atoms with van der Waals surface area (Å²) in [7, 11) is 0. The van der Waals surface area contributed by atoms with E-state index in [-0.39, 0.29) is 18.0 Å². The molecule has 0 saturated heterocycles. The SMILES string of the molecule is Cc1cc(C(=O)O)cc(C)c1[N+]#N.[Cl-]. The van der Waals surface area contributed by atoms with Crippen molar-refractivity contribution in [1.82, 2.24) is 0 Å². The molecule has 0 aliphatic heterocycles. The van der Waals surface area contributed by atoms with Crippen LogP contribution in [0.1, 0.15) is 21.5 Å². The maximum absolute atomic E-state index is 10.6. The Labute approximate surface area is 87.6 Å². The first-order valence-electron chi connectivity index (χ1n) is 3.76. The quantitative estimate of drug-likeness (QED) is 0.638. The molecule has 74 valence electrons. The third-order valence-corrected chi connectivity index (χ3v) is 1.84. The van der Waals surface area contributed by atoms with Crippen molar-refractivity contribution in [3.8, 4) is 0 Å². The van der Waals surface area contributed by atoms with E-state index >= 15 is 0 Å². The number of hydrogen-bond acceptors (Lipinski definition) is 2. The van der Waals surface area contributed by atoms with Crippen molar-refractivity contribution in [3.63, 3.8) is 0 Å². The molecule has 0 aliphatic carbocycles. The number of hydrogen-bond donors (Lipinski definition) is 1. The molecule has 0 fully saturated rings. The highest BCUT2D eigenvalue weighted by atomic mass is 35.5. The van der Waals surface area contributed by atoms with E-state index in [9.17, 15) is 4.79 Å². The lowest BCUT2D eigenvalue weighted by Crippen LogP contribution is -3.00. The van der Waals surface area contributed by atoms with Crippen LogP contribution >= 0.6 is 0 Å². The maximum atomic E-state index is 10.6. The van der Waals surface area contributed by atoms with Gasteiger partial charge in [0.05, 0.1) is 5.56 Å². The second-order valence-electron chi connectivity index (χ2n) is 2.86. The fraction of sp³-hybridized carbons (Fsp3) is 0.222. The molecule has 5 heteroatoms. The molecule has 4 nitrogen and oxygen atoms in total. The molecule has 1 aromatic carbocycles. The second-order valence-corrected chi connectivity index (χ2v) is 2.86. The highest BCUT2D eigenvalue weighted by Gasteiger charge is 2.17. The Morgan fingerprint density at radius 2 is 1.79 bits per heavy atom. The monoisotopic (exact) mass is 212 g/mol. The Bertz CT molecular complexity index is 387. The van der Waals surface area contributed by atoms with Gasteiger partial charge in [0, 0.05) is 11.1 Å². The van der Waals surface area contributed by atoms with Gasteiger partial charge in [0.25, 0.3) is 0 Å². The highest BCUT2D eigenvalue weighted by Crippen LogP contribution is 2.24. The minimum atomic E-state index is -0.976. The van der Waals surface area contributed by atoms with Gasteiger partial charge in [-0.3, -0.25) is 0 Å². The van der Waals surface area contributed by atoms with Gasteiger partial charge in [0.15, 0.2) is 4.98 Å². The lowest BCUT2D eigenvalue weighted by Gasteiger charge is -1.96. The van der Waals surface area contributed by atoms with Crippen LogP contribution in [0.15, 0.2) is 12.1 Å². The molecular formula is C9H9ClN2O2. The molecule has 0 saturated carbocycles. The van der Waals surface area contributed by atoms with Gasteiger partial charge in [-0.1, -0.05) is 0 Å². The van der Waals surface area contributed by atoms with Crippen LogP contribution in [0.2, 0.25) is 0 Å². The first-order chi connectivity index (χ1) is 6.06. The van der Waals surface area contributed by atoms with E-state index in [1.807, 2.05) is 0 Å². The molecule has 0 aliphatic rings. The number of rotatable bonds is 1. The zero-order chi connectivity index (χ0) is 10.0. The largest absolute Gasteiger partial charge is 1.00 e. The van der Waals surface area contributed by atoms with Crippen LogP contribution in [0.5, 0.6) is 0 Å². The summed E-state index contributed by atoms with van der Waals surface area (Å²) in [6.07, 6.45) is 0. The van der Waals surface area contributed by atoms with Gasteiger partial charge in [-0.05, 0) is 26.0 Å². The third-order valence-electron chi connectivity index (χ3n) is 1.84. The van der Waals surface area contributed by atoms with Gasteiger partial charge in [-0.15, -0.1) is 0 Å². The molecular weight excluding hydrogens is 204 g/mol. The van der Waals surface area contributed by atoms with Crippen LogP contribution in [-0.4, -0.2) is 11.1 Å². The lowest BCUT2D eigenvalue weighted by atomic mass is 10.1. The highest BCUT2D eigenvalue weighted by molar-refractivity contribution is 5.89. The van der Waals surface area contributed by atoms with E-state index in [0.717, 1.165) is 0 Å². The number of carbonyl (C=O) groups is 1. The Morgan fingerprint density at radius 1 is 1.36 bits per heavy atom. The van der Waals surface area contributed by atoms with Crippen LogP contribution in [0.25, 0.3) is 4.98 Å². The van der Waals surface area contributed by atoms with Crippen molar-refractivity contribution >= 4 is 11.7 Å². The van der Waals surface area contributed by atoms with Crippen LogP contribution in [0.4, 0.5) is 5.69 Å². The van der Waals surface area contributed by atoms with Gasteiger partial charge in [0.1, 0.15) is 0 Å². The second kappa shape index (κ2) is 4.58. The fourth-order valence-corrected chi connectivity index (χ4v) is 1.24. The molecule has 0 spiro atoms. The molecule has 1 rings (SSSR count). The van der Waals surface area contributed by atoms with Crippen molar-refractivity contribution in [3.05, 3.63) is 33.8 Å². The van der Waals surface area contributed by atoms with Gasteiger partial charge in [-0.2, -0.15) is 0 Å². The number of aryl methyl sites for hydroxylation is 2. The standard InChI is InChI=1S/C9H8N2O2.ClH/c1-5-3-7(9(12)13)4-6(2)8(5)11-10;/h3-4H,1-2H3;1H. The van der Waals surface area contributed by atoms with Gasteiger partial charge in [-0.25, -0.2) is 4.79 Å². The Kier molecular flexibility index (Phi) is 4.06. The van der Waals surface area contributed by atoms with Crippen molar-refractivity contribution < 1.29 is 22.3 Å². The van der Waals surface area contributed by atoms with Gasteiger partial charge < -0.3 is 17.5 Å². The van der Waals surface area contributed by atoms with Crippen molar-refractivity contribution in [2.24, 2.45) is 0 Å². The molecule has 14 heavy (non-hydrogen) atoms. The molecule has 0 amide bonds. The average molecular weight is 213 g/mol. The summed E-state index contributed by atoms with van der Waals surface area (Å²) in [6, 6.07) is 2.95. The van der Waals surface area contributed by atoms with Crippen LogP contribution in [0.3, 0.4) is 0 Å². The smallest absolute Gasteiger partial charge is 0.390 e. The first-order valence-corrected chi connectivity index (χ1v) is 3.76. The number of benzene rings is 1. The van der Waals surface area contributed by atoms with Gasteiger partial charge in [0.2, 0.25) is 5.39 Å². The molecule has 0 atom stereocenters. The summed E-state index contributed by atoms with van der Waals surface area (Å²) in [5, 5.41) is 17.3. The summed E-state index contributed by atoms with van der Waals surface area (Å²) in [6.45, 7) is 3.41. The van der Waals surface area contributed by atoms with E-state index in [1.165, 1.54) is 12.1 Å². The summed E-state index contributed by atoms with van der Waals surface area (Å²) < 4.78 is 0. The molecule has 0 bridgehead atoms. The predicted octanol–water partition coefficient (Wildman–Crippen LogP) is -0.510. The lowest BCUT2D eigenvalue weighted by molar-refractivity contribution is -0.0000185. The molecule has 1 aromatic rings. The number of aromatic carboxylic acids is 1. The fourth-order valence-electron chi connectivity index (χ4n) is 1.24. The summed E-state index contributed by atoms with van der Waals surface area (Å²) in [5.74, 6) is -0.976. The number of halogens is 1. The Balaban J connectivity index is 0.00000169. The number of diazo groups is 1. The molecule has 0 unspecified atom stereocenters. The number of carboxylic acid groups (broad SMARTS) is 1. The van der Waals surface area contributed by atoms with Crippen molar-refractivity contribution in [1.29, 1.82) is 5.39 Å². The molecule has 1 N–H and O–H groups in total. The maximum Gasteiger partial charge on any atom is 0.390 e. The first kappa shape index (κ1) is 12.4. The van der Waals surface area contributed by atoms with Crippen LogP contribution < -0.4 is 12.4 Å². The number of nitrogens with zero attached hydrogens (tertiary/aromatic N) is 2. The molecule has 0 heterocycles. The zero-order valence-electron chi connectivity index (χ0n) is 7.78. The predicted molar refractivity (Wildman–Crippen MR) is 47.6 cm³/mol. The minimum absolute atomic E-state index is 0. The Morgan fingerprint density at radius 3 is 2.07 bits per heavy atom. The van der Waals surface area contributed by atoms with Crippen LogP contribution in [0, 0.1) is 19.2 Å². The van der Waals surface area contributed by atoms with Crippen molar-refractivity contribution in [2.75, 3.05) is 0 Å². The molecule has 0 radical (unpaired) electrons. The third kappa shape index (κ3) is 2.21. The van der Waals surface area contributed by atoms with Crippen LogP contribution in [-0.2, 0) is 0 Å². The Hall–Kier alpha value is -1.60. The van der Waals surface area contributed by atoms with E-state index in [1.54, 1.807) is 13.8 Å². The zero-order valence-corrected chi connectivity index (χ0v) is 8.54. The van der Waals surface area contributed by atoms with Gasteiger partial charge >= 0.3 is 11.7 Å². The molecule has 0 aromatic heterocycles. The minimum Gasteiger partial charge on any atom is -1.00 e. The van der Waals surface area contributed by atoms with E-state index in [0.29, 0.717) is 16.8 Å². The summed E-state index contributed by atoms with van der Waals surface area (Å²) in [4.78, 5) is 13.7. The van der Waals surface area contributed by atoms with Crippen molar-refractivity contribution in [2.45, 2.75) is 13.8 Å². The topological polar surface area (TPSA) is 65.4 Å². The number of carboxylic acids is 1.